The Kier molecular flexibility index (Phi) is 7.60. The zero-order valence-electron chi connectivity index (χ0n) is 20.9. The van der Waals surface area contributed by atoms with Crippen LogP contribution in [0.4, 0.5) is 0 Å². The van der Waals surface area contributed by atoms with Gasteiger partial charge in [-0.15, -0.1) is 17.8 Å². The fourth-order valence-corrected chi connectivity index (χ4v) is 6.46. The van der Waals surface area contributed by atoms with Gasteiger partial charge in [0.15, 0.2) is 0 Å². The van der Waals surface area contributed by atoms with Crippen molar-refractivity contribution < 1.29 is 9.84 Å². The van der Waals surface area contributed by atoms with Crippen molar-refractivity contribution in [2.24, 2.45) is 0 Å². The molecule has 1 saturated heterocycles. The Hall–Kier alpha value is -3.26. The molecule has 1 aromatic heterocycles. The number of hydrogen-bond acceptors (Lipinski definition) is 4. The number of benzene rings is 3. The van der Waals surface area contributed by atoms with Crippen molar-refractivity contribution in [2.45, 2.75) is 39.0 Å². The Balaban J connectivity index is 1.33. The van der Waals surface area contributed by atoms with Crippen LogP contribution in [-0.2, 0) is 6.42 Å². The van der Waals surface area contributed by atoms with Gasteiger partial charge in [0.05, 0.1) is 6.61 Å². The number of piperidine rings is 1. The van der Waals surface area contributed by atoms with Crippen molar-refractivity contribution in [3.05, 3.63) is 82.9 Å². The number of aryl methyl sites for hydroxylation is 1. The van der Waals surface area contributed by atoms with Crippen molar-refractivity contribution in [1.29, 1.82) is 0 Å². The third kappa shape index (κ3) is 5.59. The van der Waals surface area contributed by atoms with E-state index in [4.69, 9.17) is 11.2 Å². The first-order chi connectivity index (χ1) is 17.6. The van der Waals surface area contributed by atoms with Crippen molar-refractivity contribution in [3.63, 3.8) is 0 Å². The molecule has 0 amide bonds. The van der Waals surface area contributed by atoms with E-state index in [1.165, 1.54) is 58.4 Å². The number of fused-ring (bicyclic) bond motifs is 1. The Bertz CT molecular complexity index is 1370. The highest BCUT2D eigenvalue weighted by Crippen LogP contribution is 2.42. The first kappa shape index (κ1) is 24.4. The number of rotatable bonds is 8. The van der Waals surface area contributed by atoms with Crippen LogP contribution in [0, 0.1) is 19.3 Å². The molecule has 36 heavy (non-hydrogen) atoms. The van der Waals surface area contributed by atoms with Gasteiger partial charge in [0.1, 0.15) is 11.5 Å². The summed E-state index contributed by atoms with van der Waals surface area (Å²) in [5.74, 6) is 3.98. The SMILES string of the molecule is C#Cc1ccc2c(Cc3ccc(OCCCN4CCCCC4)cc3)c(-c3ccc(O)cc3C)sc2c1. The van der Waals surface area contributed by atoms with Crippen LogP contribution in [0.1, 0.15) is 47.9 Å². The quantitative estimate of drug-likeness (QED) is 0.204. The van der Waals surface area contributed by atoms with E-state index in [1.54, 1.807) is 17.4 Å². The van der Waals surface area contributed by atoms with Crippen LogP contribution < -0.4 is 4.74 Å². The molecule has 3 nitrogen and oxygen atoms in total. The van der Waals surface area contributed by atoms with Gasteiger partial charge >= 0.3 is 0 Å². The number of aromatic hydroxyl groups is 1. The maximum atomic E-state index is 9.93. The number of terminal acetylenes is 1. The average Bonchev–Trinajstić information content (AvgIpc) is 3.25. The molecule has 0 bridgehead atoms. The zero-order chi connectivity index (χ0) is 24.9. The fourth-order valence-electron chi connectivity index (χ4n) is 5.10. The highest BCUT2D eigenvalue weighted by atomic mass is 32.1. The Morgan fingerprint density at radius 1 is 1.00 bits per heavy atom. The lowest BCUT2D eigenvalue weighted by molar-refractivity contribution is 0.205. The standard InChI is InChI=1S/C32H33NO2S/c1-3-24-10-14-29-30(32(36-31(29)22-24)28-15-11-26(34)20-23(28)2)21-25-8-12-27(13-9-25)35-19-7-18-33-16-5-4-6-17-33/h1,8-15,20,22,34H,4-7,16-19,21H2,2H3. The molecule has 1 aliphatic rings. The molecule has 1 N–H and O–H groups in total. The maximum Gasteiger partial charge on any atom is 0.119 e. The van der Waals surface area contributed by atoms with Crippen LogP contribution in [0.2, 0.25) is 0 Å². The number of phenolic OH excluding ortho intramolecular Hbond substituents is 1. The second-order valence-electron chi connectivity index (χ2n) is 9.69. The molecule has 0 saturated carbocycles. The molecule has 1 fully saturated rings. The molecular formula is C32H33NO2S. The third-order valence-corrected chi connectivity index (χ3v) is 8.28. The van der Waals surface area contributed by atoms with Gasteiger partial charge in [-0.3, -0.25) is 0 Å². The van der Waals surface area contributed by atoms with E-state index in [9.17, 15) is 5.11 Å². The summed E-state index contributed by atoms with van der Waals surface area (Å²) in [7, 11) is 0. The second-order valence-corrected chi connectivity index (χ2v) is 10.7. The van der Waals surface area contributed by atoms with E-state index < -0.39 is 0 Å². The van der Waals surface area contributed by atoms with Crippen LogP contribution in [0.15, 0.2) is 60.7 Å². The van der Waals surface area contributed by atoms with E-state index in [2.05, 4.69) is 47.2 Å². The third-order valence-electron chi connectivity index (χ3n) is 7.05. The zero-order valence-corrected chi connectivity index (χ0v) is 21.7. The number of hydrogen-bond donors (Lipinski definition) is 1. The van der Waals surface area contributed by atoms with Gasteiger partial charge in [-0.05, 0) is 116 Å². The summed E-state index contributed by atoms with van der Waals surface area (Å²) in [6, 6.07) is 20.4. The molecule has 0 radical (unpaired) electrons. The second kappa shape index (κ2) is 11.2. The number of likely N-dealkylation sites (tertiary alicyclic amines) is 1. The van der Waals surface area contributed by atoms with Crippen LogP contribution in [0.25, 0.3) is 20.5 Å². The van der Waals surface area contributed by atoms with Crippen molar-refractivity contribution >= 4 is 21.4 Å². The minimum absolute atomic E-state index is 0.292. The summed E-state index contributed by atoms with van der Waals surface area (Å²) < 4.78 is 7.23. The Morgan fingerprint density at radius 3 is 2.56 bits per heavy atom. The summed E-state index contributed by atoms with van der Waals surface area (Å²) >= 11 is 1.77. The van der Waals surface area contributed by atoms with Gasteiger partial charge in [0.25, 0.3) is 0 Å². The lowest BCUT2D eigenvalue weighted by Crippen LogP contribution is -2.31. The molecule has 0 spiro atoms. The summed E-state index contributed by atoms with van der Waals surface area (Å²) in [5, 5.41) is 11.2. The monoisotopic (exact) mass is 495 g/mol. The molecule has 0 aliphatic carbocycles. The molecule has 2 heterocycles. The molecule has 4 heteroatoms. The summed E-state index contributed by atoms with van der Waals surface area (Å²) in [5.41, 5.74) is 5.65. The van der Waals surface area contributed by atoms with Crippen molar-refractivity contribution in [1.82, 2.24) is 4.90 Å². The van der Waals surface area contributed by atoms with Crippen LogP contribution in [0.3, 0.4) is 0 Å². The molecule has 4 aromatic rings. The van der Waals surface area contributed by atoms with E-state index >= 15 is 0 Å². The summed E-state index contributed by atoms with van der Waals surface area (Å²) in [6.07, 6.45) is 11.6. The van der Waals surface area contributed by atoms with Gasteiger partial charge < -0.3 is 14.7 Å². The largest absolute Gasteiger partial charge is 0.508 e. The number of phenols is 1. The molecule has 5 rings (SSSR count). The predicted molar refractivity (Wildman–Crippen MR) is 151 cm³/mol. The van der Waals surface area contributed by atoms with E-state index in [-0.39, 0.29) is 0 Å². The minimum atomic E-state index is 0.292. The normalized spacial score (nSPS) is 14.1. The molecule has 0 atom stereocenters. The highest BCUT2D eigenvalue weighted by molar-refractivity contribution is 7.22. The van der Waals surface area contributed by atoms with E-state index in [0.717, 1.165) is 48.4 Å². The first-order valence-electron chi connectivity index (χ1n) is 12.9. The lowest BCUT2D eigenvalue weighted by atomic mass is 9.96. The summed E-state index contributed by atoms with van der Waals surface area (Å²) in [6.45, 7) is 6.41. The molecule has 1 aliphatic heterocycles. The molecule has 184 valence electrons. The predicted octanol–water partition coefficient (Wildman–Crippen LogP) is 7.41. The van der Waals surface area contributed by atoms with Gasteiger partial charge in [0.2, 0.25) is 0 Å². The Labute approximate surface area is 218 Å². The van der Waals surface area contributed by atoms with Crippen LogP contribution >= 0.6 is 11.3 Å². The van der Waals surface area contributed by atoms with Gasteiger partial charge in [-0.25, -0.2) is 0 Å². The maximum absolute atomic E-state index is 9.93. The van der Waals surface area contributed by atoms with Gasteiger partial charge in [0, 0.05) is 21.7 Å². The highest BCUT2D eigenvalue weighted by Gasteiger charge is 2.17. The van der Waals surface area contributed by atoms with Crippen molar-refractivity contribution in [2.75, 3.05) is 26.2 Å². The van der Waals surface area contributed by atoms with E-state index in [1.807, 2.05) is 25.1 Å². The van der Waals surface area contributed by atoms with Gasteiger partial charge in [-0.2, -0.15) is 0 Å². The topological polar surface area (TPSA) is 32.7 Å². The molecule has 3 aromatic carbocycles. The van der Waals surface area contributed by atoms with Crippen LogP contribution in [-0.4, -0.2) is 36.2 Å². The van der Waals surface area contributed by atoms with E-state index in [0.29, 0.717) is 5.75 Å². The first-order valence-corrected chi connectivity index (χ1v) is 13.7. The minimum Gasteiger partial charge on any atom is -0.508 e. The summed E-state index contributed by atoms with van der Waals surface area (Å²) in [4.78, 5) is 3.79. The smallest absolute Gasteiger partial charge is 0.119 e. The number of ether oxygens (including phenoxy) is 1. The van der Waals surface area contributed by atoms with Crippen molar-refractivity contribution in [3.8, 4) is 34.3 Å². The van der Waals surface area contributed by atoms with Gasteiger partial charge in [-0.1, -0.05) is 30.5 Å². The fraction of sp³-hybridized carbons (Fsp3) is 0.312. The lowest BCUT2D eigenvalue weighted by Gasteiger charge is -2.26. The Morgan fingerprint density at radius 2 is 1.81 bits per heavy atom. The van der Waals surface area contributed by atoms with Crippen LogP contribution in [0.5, 0.6) is 11.5 Å². The number of thiophene rings is 1. The molecule has 0 unspecified atom stereocenters. The number of nitrogens with zero attached hydrogens (tertiary/aromatic N) is 1. The average molecular weight is 496 g/mol. The molecular weight excluding hydrogens is 462 g/mol.